The van der Waals surface area contributed by atoms with Crippen LogP contribution >= 0.6 is 0 Å². The maximum absolute atomic E-state index is 12.8. The van der Waals surface area contributed by atoms with Gasteiger partial charge in [-0.25, -0.2) is 4.18 Å². The molecule has 0 aromatic heterocycles. The van der Waals surface area contributed by atoms with Gasteiger partial charge in [-0.2, -0.15) is 8.42 Å². The molecule has 12 nitrogen and oxygen atoms in total. The molecule has 4 N–H and O–H groups in total. The van der Waals surface area contributed by atoms with E-state index in [1.807, 2.05) is 0 Å². The van der Waals surface area contributed by atoms with E-state index in [0.717, 1.165) is 57.8 Å². The summed E-state index contributed by atoms with van der Waals surface area (Å²) >= 11 is 0. The van der Waals surface area contributed by atoms with E-state index in [9.17, 15) is 28.5 Å². The van der Waals surface area contributed by atoms with Crippen molar-refractivity contribution in [3.63, 3.8) is 0 Å². The first-order valence-corrected chi connectivity index (χ1v) is 22.3. The summed E-state index contributed by atoms with van der Waals surface area (Å²) < 4.78 is 58.8. The quantitative estimate of drug-likeness (QED) is 0.0210. The Bertz CT molecular complexity index is 1160. The highest BCUT2D eigenvalue weighted by molar-refractivity contribution is 7.80. The minimum atomic E-state index is -5.07. The zero-order valence-corrected chi connectivity index (χ0v) is 34.5. The van der Waals surface area contributed by atoms with Crippen LogP contribution in [-0.4, -0.2) is 97.5 Å². The number of carbonyl (C=O) groups excluding carboxylic acids is 1. The predicted molar refractivity (Wildman–Crippen MR) is 216 cm³/mol. The molecule has 13 heteroatoms. The number of esters is 1. The lowest BCUT2D eigenvalue weighted by atomic mass is 9.99. The Hall–Kier alpha value is -1.94. The third kappa shape index (κ3) is 28.2. The van der Waals surface area contributed by atoms with E-state index in [1.165, 1.54) is 64.2 Å². The third-order valence-corrected chi connectivity index (χ3v) is 9.68. The number of aliphatic hydroxyl groups excluding tert-OH is 3. The average Bonchev–Trinajstić information content (AvgIpc) is 3.15. The van der Waals surface area contributed by atoms with Crippen LogP contribution in [0.1, 0.15) is 149 Å². The van der Waals surface area contributed by atoms with Crippen molar-refractivity contribution < 1.29 is 56.2 Å². The van der Waals surface area contributed by atoms with Gasteiger partial charge in [0.1, 0.15) is 30.5 Å². The molecular formula is C42H74O12S. The molecule has 1 fully saturated rings. The van der Waals surface area contributed by atoms with Crippen molar-refractivity contribution in [2.45, 2.75) is 185 Å². The van der Waals surface area contributed by atoms with Crippen LogP contribution in [0.4, 0.5) is 0 Å². The summed E-state index contributed by atoms with van der Waals surface area (Å²) in [4.78, 5) is 12.8. The average molecular weight is 803 g/mol. The van der Waals surface area contributed by atoms with E-state index in [4.69, 9.17) is 23.5 Å². The fourth-order valence-corrected chi connectivity index (χ4v) is 6.60. The summed E-state index contributed by atoms with van der Waals surface area (Å²) in [5.74, 6) is -0.419. The summed E-state index contributed by atoms with van der Waals surface area (Å²) in [5.41, 5.74) is 0. The molecule has 0 radical (unpaired) electrons. The molecule has 0 aromatic rings. The SMILES string of the molecule is CC/C=C\C/C=C\C/C=C\C/C=C\CCCOCC(COC1OC(CO)C(O)C(OS(=O)(=O)O)C1O)OC(=O)CCCCCCCCCCCCCCCC. The monoisotopic (exact) mass is 802 g/mol. The lowest BCUT2D eigenvalue weighted by Crippen LogP contribution is -2.60. The van der Waals surface area contributed by atoms with Crippen molar-refractivity contribution in [3.05, 3.63) is 48.6 Å². The van der Waals surface area contributed by atoms with Crippen molar-refractivity contribution >= 4 is 16.4 Å². The van der Waals surface area contributed by atoms with Crippen molar-refractivity contribution in [1.82, 2.24) is 0 Å². The molecule has 0 amide bonds. The number of ether oxygens (including phenoxy) is 4. The van der Waals surface area contributed by atoms with E-state index < -0.39 is 59.8 Å². The molecule has 6 atom stereocenters. The molecule has 1 aliphatic heterocycles. The normalized spacial score (nSPS) is 21.5. The second-order valence-corrected chi connectivity index (χ2v) is 15.3. The van der Waals surface area contributed by atoms with Gasteiger partial charge in [-0.05, 0) is 44.9 Å². The number of rotatable bonds is 35. The minimum Gasteiger partial charge on any atom is -0.457 e. The summed E-state index contributed by atoms with van der Waals surface area (Å²) in [6.07, 6.45) is 30.2. The van der Waals surface area contributed by atoms with E-state index in [1.54, 1.807) is 0 Å². The second kappa shape index (κ2) is 34.1. The lowest BCUT2D eigenvalue weighted by molar-refractivity contribution is -0.301. The van der Waals surface area contributed by atoms with E-state index in [-0.39, 0.29) is 19.6 Å². The highest BCUT2D eigenvalue weighted by Crippen LogP contribution is 2.26. The van der Waals surface area contributed by atoms with Gasteiger partial charge >= 0.3 is 16.4 Å². The van der Waals surface area contributed by atoms with Crippen LogP contribution in [0.3, 0.4) is 0 Å². The van der Waals surface area contributed by atoms with Gasteiger partial charge in [0.15, 0.2) is 6.29 Å². The first-order valence-electron chi connectivity index (χ1n) is 20.9. The van der Waals surface area contributed by atoms with Crippen molar-refractivity contribution in [2.24, 2.45) is 0 Å². The fourth-order valence-electron chi connectivity index (χ4n) is 6.09. The molecule has 1 aliphatic rings. The van der Waals surface area contributed by atoms with Gasteiger partial charge in [0.2, 0.25) is 0 Å². The molecule has 0 aromatic carbocycles. The molecular weight excluding hydrogens is 729 g/mol. The standard InChI is InChI=1S/C42H74O12S/c1-3-5-7-9-11-13-15-17-19-21-23-25-27-29-31-38(44)52-36(34-50-32-30-28-26-24-22-20-18-16-14-12-10-8-6-4-2)35-51-42-40(46)41(54-55(47,48)49)39(45)37(33-43)53-42/h6,8,12,14,18,20,24,26,36-37,39-43,45-46H,3-5,7,9-11,13,15-17,19,21-23,25,27-35H2,1-2H3,(H,47,48,49)/b8-6-,14-12-,20-18-,26-24-. The smallest absolute Gasteiger partial charge is 0.397 e. The van der Waals surface area contributed by atoms with Crippen molar-refractivity contribution in [2.75, 3.05) is 26.4 Å². The zero-order valence-electron chi connectivity index (χ0n) is 33.7. The van der Waals surface area contributed by atoms with Crippen molar-refractivity contribution in [3.8, 4) is 0 Å². The molecule has 0 bridgehead atoms. The van der Waals surface area contributed by atoms with E-state index in [2.05, 4.69) is 66.6 Å². The Labute approximate surface area is 332 Å². The minimum absolute atomic E-state index is 0.00149. The predicted octanol–water partition coefficient (Wildman–Crippen LogP) is 8.02. The van der Waals surface area contributed by atoms with Gasteiger partial charge in [0.25, 0.3) is 0 Å². The van der Waals surface area contributed by atoms with Crippen LogP contribution in [0.25, 0.3) is 0 Å². The molecule has 0 saturated carbocycles. The zero-order chi connectivity index (χ0) is 40.4. The Morgan fingerprint density at radius 1 is 0.709 bits per heavy atom. The maximum Gasteiger partial charge on any atom is 0.397 e. The molecule has 1 heterocycles. The van der Waals surface area contributed by atoms with Crippen LogP contribution in [0, 0.1) is 0 Å². The van der Waals surface area contributed by atoms with Crippen molar-refractivity contribution in [1.29, 1.82) is 0 Å². The Kier molecular flexibility index (Phi) is 31.7. The van der Waals surface area contributed by atoms with Crippen LogP contribution in [0.5, 0.6) is 0 Å². The number of hydrogen-bond donors (Lipinski definition) is 4. The molecule has 6 unspecified atom stereocenters. The summed E-state index contributed by atoms with van der Waals surface area (Å²) in [5, 5.41) is 30.6. The van der Waals surface area contributed by atoms with Gasteiger partial charge < -0.3 is 34.3 Å². The number of unbranched alkanes of at least 4 members (excludes halogenated alkanes) is 14. The van der Waals surface area contributed by atoms with Crippen LogP contribution in [0.2, 0.25) is 0 Å². The third-order valence-electron chi connectivity index (χ3n) is 9.22. The molecule has 1 saturated heterocycles. The summed E-state index contributed by atoms with van der Waals surface area (Å²) in [7, 11) is -5.07. The van der Waals surface area contributed by atoms with Gasteiger partial charge in [-0.1, -0.05) is 146 Å². The molecule has 55 heavy (non-hydrogen) atoms. The lowest BCUT2D eigenvalue weighted by Gasteiger charge is -2.41. The summed E-state index contributed by atoms with van der Waals surface area (Å²) in [6, 6.07) is 0. The Morgan fingerprint density at radius 2 is 1.24 bits per heavy atom. The summed E-state index contributed by atoms with van der Waals surface area (Å²) in [6.45, 7) is 3.71. The van der Waals surface area contributed by atoms with Crippen LogP contribution in [0.15, 0.2) is 48.6 Å². The maximum atomic E-state index is 12.8. The second-order valence-electron chi connectivity index (χ2n) is 14.2. The first-order chi connectivity index (χ1) is 26.6. The van der Waals surface area contributed by atoms with E-state index >= 15 is 0 Å². The van der Waals surface area contributed by atoms with Gasteiger partial charge in [-0.15, -0.1) is 0 Å². The largest absolute Gasteiger partial charge is 0.457 e. The molecule has 0 aliphatic carbocycles. The number of hydrogen-bond acceptors (Lipinski definition) is 11. The number of allylic oxidation sites excluding steroid dienone is 8. The van der Waals surface area contributed by atoms with Crippen LogP contribution < -0.4 is 0 Å². The van der Waals surface area contributed by atoms with Crippen LogP contribution in [-0.2, 0) is 38.3 Å². The number of aliphatic hydroxyl groups is 3. The van der Waals surface area contributed by atoms with Gasteiger partial charge in [0, 0.05) is 13.0 Å². The molecule has 320 valence electrons. The van der Waals surface area contributed by atoms with E-state index in [0.29, 0.717) is 13.0 Å². The topological polar surface area (TPSA) is 178 Å². The van der Waals surface area contributed by atoms with Gasteiger partial charge in [-0.3, -0.25) is 9.35 Å². The highest BCUT2D eigenvalue weighted by Gasteiger charge is 2.48. The first kappa shape index (κ1) is 51.1. The molecule has 1 rings (SSSR count). The fraction of sp³-hybridized carbons (Fsp3) is 0.786. The highest BCUT2D eigenvalue weighted by atomic mass is 32.3. The molecule has 0 spiro atoms. The number of carbonyl (C=O) groups is 1. The van der Waals surface area contributed by atoms with Gasteiger partial charge in [0.05, 0.1) is 19.8 Å². The Morgan fingerprint density at radius 3 is 1.76 bits per heavy atom. The Balaban J connectivity index is 2.51.